The second-order valence-electron chi connectivity index (χ2n) is 4.42. The topological polar surface area (TPSA) is 9.23 Å². The van der Waals surface area contributed by atoms with E-state index in [0.29, 0.717) is 0 Å². The molecule has 0 amide bonds. The van der Waals surface area contributed by atoms with Gasteiger partial charge < -0.3 is 4.74 Å². The maximum Gasteiger partial charge on any atom is 0.459 e. The number of hydrogen-bond acceptors (Lipinski definition) is 1. The summed E-state index contributed by atoms with van der Waals surface area (Å²) in [6.07, 6.45) is -23.0. The summed E-state index contributed by atoms with van der Waals surface area (Å²) in [4.78, 5) is 0. The maximum atomic E-state index is 13.2. The zero-order valence-electron chi connectivity index (χ0n) is 11.0. The molecule has 0 fully saturated rings. The van der Waals surface area contributed by atoms with Crippen molar-refractivity contribution in [2.24, 2.45) is 0 Å². The van der Waals surface area contributed by atoms with Crippen molar-refractivity contribution < 1.29 is 70.6 Å². The van der Waals surface area contributed by atoms with Gasteiger partial charge in [0.05, 0.1) is 0 Å². The number of alkyl halides is 15. The fraction of sp³-hybridized carbons (Fsp3) is 1.00. The van der Waals surface area contributed by atoms with Crippen molar-refractivity contribution in [1.29, 1.82) is 0 Å². The molecule has 0 rings (SSSR count). The predicted molar refractivity (Wildman–Crippen MR) is 47.6 cm³/mol. The molecule has 0 aliphatic carbocycles. The highest BCUT2D eigenvalue weighted by atomic mass is 19.4. The molecule has 0 aliphatic heterocycles. The summed E-state index contributed by atoms with van der Waals surface area (Å²) >= 11 is 0. The molecule has 0 spiro atoms. The Balaban J connectivity index is 6.00. The van der Waals surface area contributed by atoms with Crippen LogP contribution in [-0.2, 0) is 4.74 Å². The van der Waals surface area contributed by atoms with Gasteiger partial charge in [-0.25, -0.2) is 17.6 Å². The van der Waals surface area contributed by atoms with Crippen molar-refractivity contribution in [2.45, 2.75) is 48.8 Å². The van der Waals surface area contributed by atoms with E-state index in [1.165, 1.54) is 0 Å². The van der Waals surface area contributed by atoms with Crippen molar-refractivity contribution in [3.05, 3.63) is 0 Å². The van der Waals surface area contributed by atoms with Crippen LogP contribution in [0.25, 0.3) is 0 Å². The van der Waals surface area contributed by atoms with E-state index in [2.05, 4.69) is 4.74 Å². The molecule has 0 N–H and O–H groups in total. The summed E-state index contributed by atoms with van der Waals surface area (Å²) in [5, 5.41) is 0. The average Bonchev–Trinajstić information content (AvgIpc) is 2.35. The number of rotatable bonds is 8. The highest BCUT2D eigenvalue weighted by Gasteiger charge is 2.80. The van der Waals surface area contributed by atoms with Crippen molar-refractivity contribution in [1.82, 2.24) is 0 Å². The van der Waals surface area contributed by atoms with E-state index in [4.69, 9.17) is 0 Å². The molecule has 0 radical (unpaired) electrons. The third kappa shape index (κ3) is 4.55. The van der Waals surface area contributed by atoms with Gasteiger partial charge in [-0.2, -0.15) is 48.3 Å². The minimum Gasteiger partial charge on any atom is -0.359 e. The standard InChI is InChI=1S/C9H5F15O/c10-3(11)5(14,15)1-25-2(6(16,17)4(12)13)7(18,19)8(20,21)9(22,23)24/h2-4H,1H2. The monoisotopic (exact) mass is 414 g/mol. The number of ether oxygens (including phenoxy) is 1. The summed E-state index contributed by atoms with van der Waals surface area (Å²) < 4.78 is 188. The van der Waals surface area contributed by atoms with Crippen molar-refractivity contribution in [2.75, 3.05) is 6.61 Å². The molecule has 152 valence electrons. The van der Waals surface area contributed by atoms with Crippen LogP contribution >= 0.6 is 0 Å². The van der Waals surface area contributed by atoms with Crippen LogP contribution in [-0.4, -0.2) is 55.4 Å². The zero-order chi connectivity index (χ0) is 20.6. The smallest absolute Gasteiger partial charge is 0.359 e. The third-order valence-electron chi connectivity index (χ3n) is 2.51. The van der Waals surface area contributed by atoms with Crippen LogP contribution in [0.5, 0.6) is 0 Å². The van der Waals surface area contributed by atoms with Gasteiger partial charge in [0.1, 0.15) is 6.61 Å². The molecule has 0 heterocycles. The van der Waals surface area contributed by atoms with Gasteiger partial charge in [-0.3, -0.25) is 0 Å². The first-order valence-electron chi connectivity index (χ1n) is 5.48. The summed E-state index contributed by atoms with van der Waals surface area (Å²) in [5.74, 6) is -26.8. The molecule has 0 aromatic rings. The lowest BCUT2D eigenvalue weighted by molar-refractivity contribution is -0.398. The normalized spacial score (nSPS) is 16.7. The molecule has 1 atom stereocenters. The van der Waals surface area contributed by atoms with Gasteiger partial charge in [0.25, 0.3) is 0 Å². The largest absolute Gasteiger partial charge is 0.459 e. The number of hydrogen-bond donors (Lipinski definition) is 0. The van der Waals surface area contributed by atoms with Crippen LogP contribution < -0.4 is 0 Å². The van der Waals surface area contributed by atoms with E-state index in [9.17, 15) is 65.9 Å². The Kier molecular flexibility index (Phi) is 6.60. The summed E-state index contributed by atoms with van der Waals surface area (Å²) in [5.41, 5.74) is 0. The Morgan fingerprint density at radius 2 is 1.04 bits per heavy atom. The van der Waals surface area contributed by atoms with Gasteiger partial charge in [-0.15, -0.1) is 0 Å². The predicted octanol–water partition coefficient (Wildman–Crippen LogP) is 5.01. The van der Waals surface area contributed by atoms with Gasteiger partial charge >= 0.3 is 42.7 Å². The van der Waals surface area contributed by atoms with Gasteiger partial charge in [-0.05, 0) is 0 Å². The number of halogens is 15. The first-order chi connectivity index (χ1) is 10.7. The Labute approximate surface area is 127 Å². The summed E-state index contributed by atoms with van der Waals surface area (Å²) in [6.45, 7) is -3.26. The second kappa shape index (κ2) is 6.90. The van der Waals surface area contributed by atoms with Crippen molar-refractivity contribution >= 4 is 0 Å². The first-order valence-corrected chi connectivity index (χ1v) is 5.48. The van der Waals surface area contributed by atoms with E-state index in [1.54, 1.807) is 0 Å². The molecule has 25 heavy (non-hydrogen) atoms. The molecule has 0 bridgehead atoms. The summed E-state index contributed by atoms with van der Waals surface area (Å²) in [6, 6.07) is 0. The van der Waals surface area contributed by atoms with Gasteiger partial charge in [0, 0.05) is 0 Å². The SMILES string of the molecule is FC(F)C(F)(F)COC(C(F)(F)C(F)F)C(F)(F)C(F)(F)C(F)(F)F. The lowest BCUT2D eigenvalue weighted by Crippen LogP contribution is -2.65. The molecule has 0 aromatic carbocycles. The maximum absolute atomic E-state index is 13.2. The molecule has 0 aliphatic rings. The molecule has 0 aromatic heterocycles. The zero-order valence-corrected chi connectivity index (χ0v) is 11.0. The summed E-state index contributed by atoms with van der Waals surface area (Å²) in [7, 11) is 0. The van der Waals surface area contributed by atoms with E-state index < -0.39 is 55.4 Å². The minimum atomic E-state index is -7.44. The van der Waals surface area contributed by atoms with Crippen LogP contribution in [0.2, 0.25) is 0 Å². The Morgan fingerprint density at radius 3 is 1.32 bits per heavy atom. The molecule has 1 unspecified atom stereocenters. The van der Waals surface area contributed by atoms with Gasteiger partial charge in [0.2, 0.25) is 0 Å². The van der Waals surface area contributed by atoms with E-state index in [-0.39, 0.29) is 0 Å². The van der Waals surface area contributed by atoms with Crippen LogP contribution in [0.3, 0.4) is 0 Å². The molecular formula is C9H5F15O. The highest BCUT2D eigenvalue weighted by molar-refractivity contribution is 5.02. The second-order valence-corrected chi connectivity index (χ2v) is 4.42. The van der Waals surface area contributed by atoms with Crippen LogP contribution in [0, 0.1) is 0 Å². The van der Waals surface area contributed by atoms with E-state index in [1.807, 2.05) is 0 Å². The Bertz CT molecular complexity index is 439. The molecule has 0 saturated heterocycles. The van der Waals surface area contributed by atoms with E-state index >= 15 is 0 Å². The Hall–Kier alpha value is -1.09. The van der Waals surface area contributed by atoms with Crippen molar-refractivity contribution in [3.63, 3.8) is 0 Å². The van der Waals surface area contributed by atoms with Crippen LogP contribution in [0.15, 0.2) is 0 Å². The lowest BCUT2D eigenvalue weighted by atomic mass is 9.99. The van der Waals surface area contributed by atoms with Gasteiger partial charge in [0.15, 0.2) is 6.10 Å². The minimum absolute atomic E-state index is 2.65. The van der Waals surface area contributed by atoms with Crippen molar-refractivity contribution in [3.8, 4) is 0 Å². The quantitative estimate of drug-likeness (QED) is 0.508. The molecule has 1 nitrogen and oxygen atoms in total. The first kappa shape index (κ1) is 23.9. The Morgan fingerprint density at radius 1 is 0.640 bits per heavy atom. The van der Waals surface area contributed by atoms with Crippen LogP contribution in [0.1, 0.15) is 0 Å². The average molecular weight is 414 g/mol. The molecule has 16 heteroatoms. The molecule has 0 saturated carbocycles. The fourth-order valence-corrected chi connectivity index (χ4v) is 1.18. The fourth-order valence-electron chi connectivity index (χ4n) is 1.18. The third-order valence-corrected chi connectivity index (χ3v) is 2.51. The molecular weight excluding hydrogens is 409 g/mol. The van der Waals surface area contributed by atoms with Crippen LogP contribution in [0.4, 0.5) is 65.9 Å². The lowest BCUT2D eigenvalue weighted by Gasteiger charge is -2.37. The van der Waals surface area contributed by atoms with E-state index in [0.717, 1.165) is 0 Å². The van der Waals surface area contributed by atoms with Gasteiger partial charge in [-0.1, -0.05) is 0 Å². The highest BCUT2D eigenvalue weighted by Crippen LogP contribution is 2.52.